The van der Waals surface area contributed by atoms with Crippen LogP contribution in [0.15, 0.2) is 53.7 Å². The summed E-state index contributed by atoms with van der Waals surface area (Å²) in [6, 6.07) is 16.1. The lowest BCUT2D eigenvalue weighted by Gasteiger charge is -2.09. The highest BCUT2D eigenvalue weighted by atomic mass is 32.2. The summed E-state index contributed by atoms with van der Waals surface area (Å²) in [5, 5.41) is 9.12. The molecule has 124 valence electrons. The Morgan fingerprint density at radius 2 is 1.83 bits per heavy atom. The molecule has 1 heterocycles. The van der Waals surface area contributed by atoms with Crippen molar-refractivity contribution in [3.63, 3.8) is 0 Å². The molecule has 24 heavy (non-hydrogen) atoms. The summed E-state index contributed by atoms with van der Waals surface area (Å²) in [5.74, 6) is 8.46. The number of para-hydroxylation sites is 1. The fraction of sp³-hybridized carbons (Fsp3) is 0.222. The van der Waals surface area contributed by atoms with Gasteiger partial charge in [0.1, 0.15) is 5.75 Å². The van der Waals surface area contributed by atoms with Gasteiger partial charge in [-0.15, -0.1) is 10.2 Å². The lowest BCUT2D eigenvalue weighted by Crippen LogP contribution is -2.11. The molecule has 1 aromatic heterocycles. The van der Waals surface area contributed by atoms with Crippen molar-refractivity contribution in [1.29, 1.82) is 0 Å². The maximum Gasteiger partial charge on any atom is 0.210 e. The third kappa shape index (κ3) is 3.54. The van der Waals surface area contributed by atoms with Gasteiger partial charge in [-0.25, -0.2) is 4.68 Å². The van der Waals surface area contributed by atoms with Crippen LogP contribution in [0.3, 0.4) is 0 Å². The lowest BCUT2D eigenvalue weighted by atomic mass is 10.1. The molecule has 5 nitrogen and oxygen atoms in total. The molecule has 0 radical (unpaired) electrons. The minimum absolute atomic E-state index is 0.645. The van der Waals surface area contributed by atoms with Crippen LogP contribution in [-0.4, -0.2) is 21.5 Å². The summed E-state index contributed by atoms with van der Waals surface area (Å²) in [6.45, 7) is 4.68. The number of benzene rings is 2. The molecule has 0 saturated heterocycles. The van der Waals surface area contributed by atoms with Gasteiger partial charge in [0, 0.05) is 16.9 Å². The number of aryl methyl sites for hydroxylation is 1. The Morgan fingerprint density at radius 1 is 1.08 bits per heavy atom. The predicted molar refractivity (Wildman–Crippen MR) is 97.5 cm³/mol. The van der Waals surface area contributed by atoms with Crippen molar-refractivity contribution < 1.29 is 4.74 Å². The van der Waals surface area contributed by atoms with Crippen LogP contribution in [-0.2, 0) is 5.75 Å². The number of nitrogens with zero attached hydrogens (tertiary/aromatic N) is 3. The van der Waals surface area contributed by atoms with Crippen LogP contribution in [0.1, 0.15) is 18.1 Å². The molecule has 0 aliphatic rings. The fourth-order valence-corrected chi connectivity index (χ4v) is 3.18. The molecule has 3 aromatic rings. The first kappa shape index (κ1) is 16.4. The number of hydrogen-bond acceptors (Lipinski definition) is 5. The molecule has 6 heteroatoms. The van der Waals surface area contributed by atoms with Crippen molar-refractivity contribution in [2.45, 2.75) is 24.8 Å². The smallest absolute Gasteiger partial charge is 0.210 e. The van der Waals surface area contributed by atoms with Gasteiger partial charge in [0.05, 0.1) is 6.61 Å². The van der Waals surface area contributed by atoms with Gasteiger partial charge in [0.15, 0.2) is 5.82 Å². The van der Waals surface area contributed by atoms with E-state index in [0.717, 1.165) is 22.6 Å². The molecule has 2 aromatic carbocycles. The van der Waals surface area contributed by atoms with Crippen LogP contribution in [0.4, 0.5) is 0 Å². The van der Waals surface area contributed by atoms with Crippen LogP contribution in [0.25, 0.3) is 11.4 Å². The molecular formula is C18H20N4OS. The molecule has 0 spiro atoms. The first-order valence-corrected chi connectivity index (χ1v) is 8.78. The van der Waals surface area contributed by atoms with E-state index in [1.807, 2.05) is 56.3 Å². The van der Waals surface area contributed by atoms with E-state index in [2.05, 4.69) is 16.3 Å². The van der Waals surface area contributed by atoms with Crippen molar-refractivity contribution in [3.05, 3.63) is 59.7 Å². The highest BCUT2D eigenvalue weighted by Gasteiger charge is 2.13. The van der Waals surface area contributed by atoms with Crippen LogP contribution in [0, 0.1) is 6.92 Å². The zero-order chi connectivity index (χ0) is 16.9. The Hall–Kier alpha value is -2.47. The molecule has 0 unspecified atom stereocenters. The van der Waals surface area contributed by atoms with Crippen molar-refractivity contribution >= 4 is 11.8 Å². The van der Waals surface area contributed by atoms with Crippen LogP contribution in [0.2, 0.25) is 0 Å². The molecule has 0 amide bonds. The van der Waals surface area contributed by atoms with Gasteiger partial charge in [-0.05, 0) is 19.9 Å². The Morgan fingerprint density at radius 3 is 2.58 bits per heavy atom. The molecular weight excluding hydrogens is 320 g/mol. The number of nitrogens with two attached hydrogens (primary N) is 1. The largest absolute Gasteiger partial charge is 0.494 e. The summed E-state index contributed by atoms with van der Waals surface area (Å²) in [7, 11) is 0. The van der Waals surface area contributed by atoms with Gasteiger partial charge < -0.3 is 10.6 Å². The quantitative estimate of drug-likeness (QED) is 0.548. The average molecular weight is 340 g/mol. The molecule has 2 N–H and O–H groups in total. The number of thioether (sulfide) groups is 1. The molecule has 0 atom stereocenters. The van der Waals surface area contributed by atoms with E-state index in [1.165, 1.54) is 5.56 Å². The average Bonchev–Trinajstić information content (AvgIpc) is 2.96. The topological polar surface area (TPSA) is 66.0 Å². The fourth-order valence-electron chi connectivity index (χ4n) is 2.34. The minimum Gasteiger partial charge on any atom is -0.494 e. The van der Waals surface area contributed by atoms with E-state index in [1.54, 1.807) is 16.4 Å². The van der Waals surface area contributed by atoms with Crippen molar-refractivity contribution in [2.24, 2.45) is 0 Å². The van der Waals surface area contributed by atoms with E-state index in [4.69, 9.17) is 10.6 Å². The first-order valence-electron chi connectivity index (χ1n) is 7.80. The number of rotatable bonds is 6. The summed E-state index contributed by atoms with van der Waals surface area (Å²) in [6.07, 6.45) is 0. The lowest BCUT2D eigenvalue weighted by molar-refractivity contribution is 0.337. The Balaban J connectivity index is 1.76. The van der Waals surface area contributed by atoms with E-state index in [-0.39, 0.29) is 0 Å². The van der Waals surface area contributed by atoms with E-state index in [0.29, 0.717) is 17.6 Å². The summed E-state index contributed by atoms with van der Waals surface area (Å²) in [5.41, 5.74) is 3.27. The summed E-state index contributed by atoms with van der Waals surface area (Å²) in [4.78, 5) is 0. The molecule has 0 aliphatic carbocycles. The number of nitrogen functional groups attached to an aromatic ring is 1. The second kappa shape index (κ2) is 7.40. The monoisotopic (exact) mass is 340 g/mol. The Bertz CT molecular complexity index is 814. The van der Waals surface area contributed by atoms with Crippen molar-refractivity contribution in [2.75, 3.05) is 12.4 Å². The number of ether oxygens (including phenoxy) is 1. The maximum absolute atomic E-state index is 6.17. The van der Waals surface area contributed by atoms with Crippen LogP contribution >= 0.6 is 11.8 Å². The van der Waals surface area contributed by atoms with E-state index < -0.39 is 0 Å². The van der Waals surface area contributed by atoms with Crippen molar-refractivity contribution in [3.8, 4) is 17.1 Å². The van der Waals surface area contributed by atoms with E-state index >= 15 is 0 Å². The SMILES string of the molecule is CCOc1ccccc1CSc1nnc(-c2ccc(C)cc2)n1N. The van der Waals surface area contributed by atoms with E-state index in [9.17, 15) is 0 Å². The third-order valence-electron chi connectivity index (χ3n) is 3.60. The zero-order valence-electron chi connectivity index (χ0n) is 13.8. The Kier molecular flexibility index (Phi) is 5.05. The first-order chi connectivity index (χ1) is 11.7. The van der Waals surface area contributed by atoms with Gasteiger partial charge in [-0.3, -0.25) is 0 Å². The molecule has 3 rings (SSSR count). The second-order valence-electron chi connectivity index (χ2n) is 5.37. The standard InChI is InChI=1S/C18H20N4OS/c1-3-23-16-7-5-4-6-15(16)12-24-18-21-20-17(22(18)19)14-10-8-13(2)9-11-14/h4-11H,3,12,19H2,1-2H3. The Labute approximate surface area is 145 Å². The molecule has 0 saturated carbocycles. The summed E-state index contributed by atoms with van der Waals surface area (Å²) >= 11 is 1.54. The van der Waals surface area contributed by atoms with Gasteiger partial charge in [-0.2, -0.15) is 0 Å². The highest BCUT2D eigenvalue weighted by Crippen LogP contribution is 2.28. The van der Waals surface area contributed by atoms with Crippen LogP contribution in [0.5, 0.6) is 5.75 Å². The number of hydrogen-bond donors (Lipinski definition) is 1. The van der Waals surface area contributed by atoms with Gasteiger partial charge in [0.2, 0.25) is 5.16 Å². The maximum atomic E-state index is 6.17. The molecule has 0 bridgehead atoms. The van der Waals surface area contributed by atoms with Crippen molar-refractivity contribution in [1.82, 2.24) is 14.9 Å². The van der Waals surface area contributed by atoms with Gasteiger partial charge in [0.25, 0.3) is 0 Å². The predicted octanol–water partition coefficient (Wildman–Crippen LogP) is 3.66. The van der Waals surface area contributed by atoms with Gasteiger partial charge in [-0.1, -0.05) is 59.8 Å². The molecule has 0 fully saturated rings. The van der Waals surface area contributed by atoms with Gasteiger partial charge >= 0.3 is 0 Å². The normalized spacial score (nSPS) is 10.8. The zero-order valence-corrected chi connectivity index (χ0v) is 14.6. The second-order valence-corrected chi connectivity index (χ2v) is 6.31. The summed E-state index contributed by atoms with van der Waals surface area (Å²) < 4.78 is 7.19. The minimum atomic E-state index is 0.645. The third-order valence-corrected chi connectivity index (χ3v) is 4.60. The van der Waals surface area contributed by atoms with Crippen LogP contribution < -0.4 is 10.6 Å². The number of aromatic nitrogens is 3. The molecule has 0 aliphatic heterocycles. The highest BCUT2D eigenvalue weighted by molar-refractivity contribution is 7.98.